The third-order valence-corrected chi connectivity index (χ3v) is 5.55. The van der Waals surface area contributed by atoms with E-state index in [9.17, 15) is 8.42 Å². The van der Waals surface area contributed by atoms with Gasteiger partial charge < -0.3 is 10.5 Å². The van der Waals surface area contributed by atoms with Crippen LogP contribution in [0.25, 0.3) is 0 Å². The second-order valence-corrected chi connectivity index (χ2v) is 7.02. The Hall–Kier alpha value is -0.820. The lowest BCUT2D eigenvalue weighted by molar-refractivity contribution is -0.0170. The van der Waals surface area contributed by atoms with Gasteiger partial charge >= 0.3 is 0 Å². The molecular weight excluding hydrogens is 288 g/mol. The van der Waals surface area contributed by atoms with E-state index in [0.29, 0.717) is 18.8 Å². The van der Waals surface area contributed by atoms with Crippen LogP contribution < -0.4 is 5.73 Å². The minimum absolute atomic E-state index is 0.0510. The average Bonchev–Trinajstić information content (AvgIpc) is 2.35. The summed E-state index contributed by atoms with van der Waals surface area (Å²) in [5, 5.41) is 0.181. The highest BCUT2D eigenvalue weighted by Gasteiger charge is 2.35. The standard InChI is InChI=1S/C12H17ClN2O3S/c1-8-7-18-9(2)6-15(8)19(16,17)12-5-10(14)3-4-11(12)13/h3-5,8-9H,6-7,14H2,1-2H3. The summed E-state index contributed by atoms with van der Waals surface area (Å²) in [4.78, 5) is 0.0510. The lowest BCUT2D eigenvalue weighted by atomic mass is 10.2. The van der Waals surface area contributed by atoms with Gasteiger partial charge in [-0.2, -0.15) is 4.31 Å². The Morgan fingerprint density at radius 3 is 2.79 bits per heavy atom. The first kappa shape index (κ1) is 14.6. The van der Waals surface area contributed by atoms with Gasteiger partial charge in [-0.05, 0) is 32.0 Å². The van der Waals surface area contributed by atoms with Crippen molar-refractivity contribution in [3.63, 3.8) is 0 Å². The number of morpholine rings is 1. The molecule has 19 heavy (non-hydrogen) atoms. The highest BCUT2D eigenvalue weighted by molar-refractivity contribution is 7.89. The molecule has 0 aromatic heterocycles. The highest BCUT2D eigenvalue weighted by Crippen LogP contribution is 2.29. The van der Waals surface area contributed by atoms with Gasteiger partial charge in [0.2, 0.25) is 10.0 Å². The molecule has 106 valence electrons. The van der Waals surface area contributed by atoms with Crippen LogP contribution in [0.1, 0.15) is 13.8 Å². The van der Waals surface area contributed by atoms with Crippen LogP contribution >= 0.6 is 11.6 Å². The maximum Gasteiger partial charge on any atom is 0.245 e. The van der Waals surface area contributed by atoms with Gasteiger partial charge in [0, 0.05) is 18.3 Å². The van der Waals surface area contributed by atoms with Crippen LogP contribution in [0.3, 0.4) is 0 Å². The number of nitrogens with two attached hydrogens (primary N) is 1. The lowest BCUT2D eigenvalue weighted by Gasteiger charge is -2.35. The molecule has 2 rings (SSSR count). The molecule has 7 heteroatoms. The fourth-order valence-corrected chi connectivity index (χ4v) is 4.25. The Morgan fingerprint density at radius 1 is 1.42 bits per heavy atom. The maximum absolute atomic E-state index is 12.6. The van der Waals surface area contributed by atoms with E-state index in [0.717, 1.165) is 0 Å². The van der Waals surface area contributed by atoms with Crippen molar-refractivity contribution in [1.82, 2.24) is 4.31 Å². The van der Waals surface area contributed by atoms with E-state index in [1.54, 1.807) is 6.07 Å². The maximum atomic E-state index is 12.6. The van der Waals surface area contributed by atoms with E-state index in [4.69, 9.17) is 22.1 Å². The smallest absolute Gasteiger partial charge is 0.245 e. The van der Waals surface area contributed by atoms with Crippen molar-refractivity contribution in [1.29, 1.82) is 0 Å². The molecule has 0 amide bonds. The molecule has 0 radical (unpaired) electrons. The van der Waals surface area contributed by atoms with Crippen molar-refractivity contribution in [3.8, 4) is 0 Å². The van der Waals surface area contributed by atoms with Gasteiger partial charge in [0.25, 0.3) is 0 Å². The van der Waals surface area contributed by atoms with E-state index >= 15 is 0 Å². The molecule has 5 nitrogen and oxygen atoms in total. The first-order valence-electron chi connectivity index (χ1n) is 6.01. The molecule has 1 aliphatic heterocycles. The zero-order valence-electron chi connectivity index (χ0n) is 10.8. The van der Waals surface area contributed by atoms with E-state index in [2.05, 4.69) is 0 Å². The molecule has 1 fully saturated rings. The van der Waals surface area contributed by atoms with Crippen molar-refractivity contribution in [2.75, 3.05) is 18.9 Å². The molecule has 2 unspecified atom stereocenters. The molecule has 1 aromatic carbocycles. The molecule has 1 aliphatic rings. The second-order valence-electron chi connectivity index (χ2n) is 4.76. The molecule has 1 heterocycles. The molecule has 0 saturated carbocycles. The number of nitrogen functional groups attached to an aromatic ring is 1. The fourth-order valence-electron chi connectivity index (χ4n) is 2.05. The highest BCUT2D eigenvalue weighted by atomic mass is 35.5. The summed E-state index contributed by atoms with van der Waals surface area (Å²) < 4.78 is 32.2. The SMILES string of the molecule is CC1CN(S(=O)(=O)c2cc(N)ccc2Cl)C(C)CO1. The van der Waals surface area contributed by atoms with Crippen LogP contribution in [0.5, 0.6) is 0 Å². The van der Waals surface area contributed by atoms with Crippen LogP contribution in [0, 0.1) is 0 Å². The topological polar surface area (TPSA) is 72.6 Å². The summed E-state index contributed by atoms with van der Waals surface area (Å²) in [7, 11) is -3.66. The summed E-state index contributed by atoms with van der Waals surface area (Å²) in [6.07, 6.45) is -0.134. The average molecular weight is 305 g/mol. The predicted molar refractivity (Wildman–Crippen MR) is 74.6 cm³/mol. The Bertz CT molecular complexity index is 576. The van der Waals surface area contributed by atoms with Crippen molar-refractivity contribution >= 4 is 27.3 Å². The number of halogens is 1. The molecule has 1 aromatic rings. The van der Waals surface area contributed by atoms with E-state index in [1.165, 1.54) is 16.4 Å². The number of hydrogen-bond donors (Lipinski definition) is 1. The largest absolute Gasteiger partial charge is 0.399 e. The number of rotatable bonds is 2. The summed E-state index contributed by atoms with van der Waals surface area (Å²) in [6.45, 7) is 4.34. The van der Waals surface area contributed by atoms with Crippen LogP contribution in [0.15, 0.2) is 23.1 Å². The first-order chi connectivity index (χ1) is 8.82. The Balaban J connectivity index is 2.44. The third kappa shape index (κ3) is 2.86. The zero-order chi connectivity index (χ0) is 14.2. The van der Waals surface area contributed by atoms with E-state index < -0.39 is 10.0 Å². The Kier molecular flexibility index (Phi) is 4.06. The number of ether oxygens (including phenoxy) is 1. The minimum Gasteiger partial charge on any atom is -0.399 e. The number of nitrogens with zero attached hydrogens (tertiary/aromatic N) is 1. The third-order valence-electron chi connectivity index (χ3n) is 3.09. The Labute approximate surface area is 118 Å². The van der Waals surface area contributed by atoms with Gasteiger partial charge in [0.1, 0.15) is 4.90 Å². The molecule has 0 bridgehead atoms. The molecule has 0 aliphatic carbocycles. The van der Waals surface area contributed by atoms with Gasteiger partial charge in [-0.3, -0.25) is 0 Å². The fraction of sp³-hybridized carbons (Fsp3) is 0.500. The summed E-state index contributed by atoms with van der Waals surface area (Å²) >= 11 is 5.99. The van der Waals surface area contributed by atoms with E-state index in [1.807, 2.05) is 13.8 Å². The zero-order valence-corrected chi connectivity index (χ0v) is 12.4. The van der Waals surface area contributed by atoms with Crippen LogP contribution in [0.4, 0.5) is 5.69 Å². The molecule has 2 N–H and O–H groups in total. The molecule has 0 spiro atoms. The van der Waals surface area contributed by atoms with Crippen molar-refractivity contribution in [3.05, 3.63) is 23.2 Å². The van der Waals surface area contributed by atoms with Crippen LogP contribution in [0.2, 0.25) is 5.02 Å². The van der Waals surface area contributed by atoms with E-state index in [-0.39, 0.29) is 22.1 Å². The predicted octanol–water partition coefficient (Wildman–Crippen LogP) is 1.72. The molecular formula is C12H17ClN2O3S. The normalized spacial score (nSPS) is 25.4. The monoisotopic (exact) mass is 304 g/mol. The van der Waals surface area contributed by atoms with Gasteiger partial charge in [-0.15, -0.1) is 0 Å². The van der Waals surface area contributed by atoms with Crippen molar-refractivity contribution in [2.24, 2.45) is 0 Å². The molecule has 1 saturated heterocycles. The van der Waals surface area contributed by atoms with Crippen molar-refractivity contribution < 1.29 is 13.2 Å². The Morgan fingerprint density at radius 2 is 2.11 bits per heavy atom. The summed E-state index contributed by atoms with van der Waals surface area (Å²) in [6, 6.07) is 4.24. The van der Waals surface area contributed by atoms with Gasteiger partial charge in [0.05, 0.1) is 17.7 Å². The van der Waals surface area contributed by atoms with Crippen LogP contribution in [-0.4, -0.2) is 38.0 Å². The number of anilines is 1. The first-order valence-corrected chi connectivity index (χ1v) is 7.82. The number of sulfonamides is 1. The molecule has 2 atom stereocenters. The number of hydrogen-bond acceptors (Lipinski definition) is 4. The second kappa shape index (κ2) is 5.28. The van der Waals surface area contributed by atoms with Gasteiger partial charge in [-0.25, -0.2) is 8.42 Å². The van der Waals surface area contributed by atoms with Crippen LogP contribution in [-0.2, 0) is 14.8 Å². The minimum atomic E-state index is -3.66. The summed E-state index contributed by atoms with van der Waals surface area (Å²) in [5.74, 6) is 0. The lowest BCUT2D eigenvalue weighted by Crippen LogP contribution is -2.50. The van der Waals surface area contributed by atoms with Gasteiger partial charge in [0.15, 0.2) is 0 Å². The summed E-state index contributed by atoms with van der Waals surface area (Å²) in [5.41, 5.74) is 6.02. The van der Waals surface area contributed by atoms with Gasteiger partial charge in [-0.1, -0.05) is 11.6 Å². The quantitative estimate of drug-likeness (QED) is 0.844. The number of benzene rings is 1. The van der Waals surface area contributed by atoms with Crippen molar-refractivity contribution in [2.45, 2.75) is 30.9 Å².